The Labute approximate surface area is 169 Å². The van der Waals surface area contributed by atoms with E-state index < -0.39 is 11.9 Å². The van der Waals surface area contributed by atoms with Crippen molar-refractivity contribution in [2.45, 2.75) is 25.3 Å². The smallest absolute Gasteiger partial charge is 0.257 e. The summed E-state index contributed by atoms with van der Waals surface area (Å²) in [4.78, 5) is 42.3. The molecule has 0 saturated carbocycles. The Morgan fingerprint density at radius 2 is 1.83 bits per heavy atom. The highest BCUT2D eigenvalue weighted by Crippen LogP contribution is 2.32. The third-order valence-electron chi connectivity index (χ3n) is 5.41. The fraction of sp³-hybridized carbons (Fsp3) is 0.261. The van der Waals surface area contributed by atoms with E-state index in [4.69, 9.17) is 4.74 Å². The number of hydrogen-bond acceptors (Lipinski definition) is 4. The van der Waals surface area contributed by atoms with E-state index in [0.29, 0.717) is 30.0 Å². The van der Waals surface area contributed by atoms with Crippen LogP contribution >= 0.6 is 0 Å². The summed E-state index contributed by atoms with van der Waals surface area (Å²) in [6.07, 6.45) is 5.27. The summed E-state index contributed by atoms with van der Waals surface area (Å²) in [7, 11) is 1.56. The summed E-state index contributed by atoms with van der Waals surface area (Å²) in [6.45, 7) is 0.530. The first-order valence-electron chi connectivity index (χ1n) is 9.71. The Hall–Kier alpha value is -3.41. The van der Waals surface area contributed by atoms with Crippen molar-refractivity contribution in [3.8, 4) is 5.75 Å². The Morgan fingerprint density at radius 1 is 1.07 bits per heavy atom. The van der Waals surface area contributed by atoms with Crippen LogP contribution in [0.3, 0.4) is 0 Å². The lowest BCUT2D eigenvalue weighted by atomic mass is 10.0. The first-order chi connectivity index (χ1) is 14.1. The average molecular weight is 390 g/mol. The lowest BCUT2D eigenvalue weighted by Gasteiger charge is -2.33. The van der Waals surface area contributed by atoms with Crippen molar-refractivity contribution < 1.29 is 19.1 Å². The zero-order valence-electron chi connectivity index (χ0n) is 16.2. The van der Waals surface area contributed by atoms with E-state index in [1.54, 1.807) is 48.4 Å². The molecule has 2 heterocycles. The van der Waals surface area contributed by atoms with Crippen LogP contribution in [0.5, 0.6) is 5.75 Å². The van der Waals surface area contributed by atoms with Crippen LogP contribution in [0.2, 0.25) is 0 Å². The highest BCUT2D eigenvalue weighted by molar-refractivity contribution is 6.25. The van der Waals surface area contributed by atoms with E-state index >= 15 is 0 Å². The molecule has 0 spiro atoms. The molecule has 2 aliphatic rings. The van der Waals surface area contributed by atoms with Crippen LogP contribution in [0.25, 0.3) is 6.08 Å². The molecule has 0 aromatic heterocycles. The Morgan fingerprint density at radius 3 is 2.66 bits per heavy atom. The fourth-order valence-corrected chi connectivity index (χ4v) is 3.97. The number of rotatable bonds is 3. The van der Waals surface area contributed by atoms with Crippen LogP contribution in [-0.4, -0.2) is 42.3 Å². The molecule has 148 valence electrons. The largest absolute Gasteiger partial charge is 0.496 e. The van der Waals surface area contributed by atoms with Gasteiger partial charge in [0.15, 0.2) is 0 Å². The first-order valence-corrected chi connectivity index (χ1v) is 9.71. The summed E-state index contributed by atoms with van der Waals surface area (Å²) < 4.78 is 5.31. The van der Waals surface area contributed by atoms with Gasteiger partial charge in [0, 0.05) is 18.2 Å². The second-order valence-corrected chi connectivity index (χ2v) is 7.11. The number of para-hydroxylation sites is 2. The van der Waals surface area contributed by atoms with E-state index in [2.05, 4.69) is 0 Å². The van der Waals surface area contributed by atoms with E-state index in [1.165, 1.54) is 6.08 Å². The molecule has 0 radical (unpaired) electrons. The molecular formula is C23H22N2O4. The number of benzene rings is 2. The van der Waals surface area contributed by atoms with Crippen molar-refractivity contribution >= 4 is 29.5 Å². The molecule has 4 rings (SSSR count). The maximum Gasteiger partial charge on any atom is 0.257 e. The van der Waals surface area contributed by atoms with Crippen LogP contribution in [0, 0.1) is 0 Å². The van der Waals surface area contributed by atoms with Crippen molar-refractivity contribution in [3.63, 3.8) is 0 Å². The van der Waals surface area contributed by atoms with E-state index in [9.17, 15) is 14.4 Å². The summed E-state index contributed by atoms with van der Waals surface area (Å²) in [6, 6.07) is 13.5. The van der Waals surface area contributed by atoms with Gasteiger partial charge in [-0.1, -0.05) is 30.3 Å². The lowest BCUT2D eigenvalue weighted by Crippen LogP contribution is -2.51. The van der Waals surface area contributed by atoms with Crippen LogP contribution in [-0.2, 0) is 9.59 Å². The number of hydrogen-bond donors (Lipinski definition) is 0. The number of piperidine rings is 1. The van der Waals surface area contributed by atoms with Crippen LogP contribution in [0.1, 0.15) is 35.2 Å². The van der Waals surface area contributed by atoms with E-state index in [0.717, 1.165) is 23.3 Å². The number of ether oxygens (including phenoxy) is 1. The number of nitrogens with zero attached hydrogens (tertiary/aromatic N) is 2. The fourth-order valence-electron chi connectivity index (χ4n) is 3.97. The monoisotopic (exact) mass is 390 g/mol. The maximum absolute atomic E-state index is 13.3. The second-order valence-electron chi connectivity index (χ2n) is 7.11. The van der Waals surface area contributed by atoms with Crippen molar-refractivity contribution in [2.75, 3.05) is 18.6 Å². The third kappa shape index (κ3) is 3.42. The standard InChI is InChI=1S/C23H22N2O4/c1-29-20-12-5-2-8-16(20)13-14-21(26)25-18-10-4-3-9-17(18)22(27)24-15-7-6-11-19(24)23(25)28/h2-5,8-10,12-14,19H,6-7,11,15H2,1H3/b14-13+/t19-/m1/s1. The number of imide groups is 1. The Bertz CT molecular complexity index is 998. The summed E-state index contributed by atoms with van der Waals surface area (Å²) in [5, 5.41) is 0. The number of amides is 3. The molecule has 29 heavy (non-hydrogen) atoms. The molecule has 1 atom stereocenters. The zero-order chi connectivity index (χ0) is 20.4. The zero-order valence-corrected chi connectivity index (χ0v) is 16.2. The van der Waals surface area contributed by atoms with Gasteiger partial charge in [0.25, 0.3) is 17.7 Å². The van der Waals surface area contributed by atoms with Gasteiger partial charge in [-0.05, 0) is 43.5 Å². The van der Waals surface area contributed by atoms with Crippen molar-refractivity contribution in [1.82, 2.24) is 4.90 Å². The van der Waals surface area contributed by atoms with Crippen molar-refractivity contribution in [1.29, 1.82) is 0 Å². The van der Waals surface area contributed by atoms with Gasteiger partial charge in [-0.25, -0.2) is 4.90 Å². The number of anilines is 1. The number of methoxy groups -OCH3 is 1. The second kappa shape index (κ2) is 7.91. The van der Waals surface area contributed by atoms with Gasteiger partial charge in [0.2, 0.25) is 0 Å². The maximum atomic E-state index is 13.3. The number of fused-ring (bicyclic) bond motifs is 2. The van der Waals surface area contributed by atoms with Crippen molar-refractivity contribution in [3.05, 3.63) is 65.7 Å². The van der Waals surface area contributed by atoms with Crippen LogP contribution in [0.4, 0.5) is 5.69 Å². The summed E-state index contributed by atoms with van der Waals surface area (Å²) in [5.41, 5.74) is 1.45. The Kier molecular flexibility index (Phi) is 5.16. The molecule has 6 nitrogen and oxygen atoms in total. The molecule has 1 saturated heterocycles. The van der Waals surface area contributed by atoms with Gasteiger partial charge in [-0.3, -0.25) is 14.4 Å². The summed E-state index contributed by atoms with van der Waals surface area (Å²) in [5.74, 6) is -0.387. The number of carbonyl (C=O) groups is 3. The molecule has 2 aromatic rings. The molecule has 2 aliphatic heterocycles. The minimum atomic E-state index is -0.604. The molecule has 2 aromatic carbocycles. The Balaban J connectivity index is 1.73. The molecule has 0 bridgehead atoms. The number of carbonyl (C=O) groups excluding carboxylic acids is 3. The topological polar surface area (TPSA) is 66.9 Å². The van der Waals surface area contributed by atoms with Crippen LogP contribution < -0.4 is 9.64 Å². The van der Waals surface area contributed by atoms with E-state index in [-0.39, 0.29) is 11.8 Å². The quantitative estimate of drug-likeness (QED) is 0.755. The average Bonchev–Trinajstić information content (AvgIpc) is 2.86. The highest BCUT2D eigenvalue weighted by Gasteiger charge is 2.42. The third-order valence-corrected chi connectivity index (χ3v) is 5.41. The molecule has 1 fully saturated rings. The normalized spacial score (nSPS) is 19.0. The predicted molar refractivity (Wildman–Crippen MR) is 110 cm³/mol. The minimum Gasteiger partial charge on any atom is -0.496 e. The molecular weight excluding hydrogens is 368 g/mol. The SMILES string of the molecule is COc1ccccc1/C=C/C(=O)N1C(=O)[C@H]2CCCCN2C(=O)c2ccccc21. The molecule has 3 amide bonds. The van der Waals surface area contributed by atoms with Gasteiger partial charge in [0.1, 0.15) is 11.8 Å². The molecule has 6 heteroatoms. The van der Waals surface area contributed by atoms with Crippen LogP contribution in [0.15, 0.2) is 54.6 Å². The van der Waals surface area contributed by atoms with Gasteiger partial charge in [-0.2, -0.15) is 0 Å². The molecule has 0 unspecified atom stereocenters. The highest BCUT2D eigenvalue weighted by atomic mass is 16.5. The van der Waals surface area contributed by atoms with Gasteiger partial charge in [0.05, 0.1) is 18.4 Å². The predicted octanol–water partition coefficient (Wildman–Crippen LogP) is 3.28. The first kappa shape index (κ1) is 18.9. The van der Waals surface area contributed by atoms with Gasteiger partial charge < -0.3 is 9.64 Å². The van der Waals surface area contributed by atoms with Crippen molar-refractivity contribution in [2.24, 2.45) is 0 Å². The van der Waals surface area contributed by atoms with Gasteiger partial charge in [-0.15, -0.1) is 0 Å². The van der Waals surface area contributed by atoms with Gasteiger partial charge >= 0.3 is 0 Å². The summed E-state index contributed by atoms with van der Waals surface area (Å²) >= 11 is 0. The van der Waals surface area contributed by atoms with E-state index in [1.807, 2.05) is 18.2 Å². The minimum absolute atomic E-state index is 0.192. The molecule has 0 aliphatic carbocycles. The lowest BCUT2D eigenvalue weighted by molar-refractivity contribution is -0.128. The molecule has 0 N–H and O–H groups in total.